The van der Waals surface area contributed by atoms with E-state index in [2.05, 4.69) is 15.3 Å². The van der Waals surface area contributed by atoms with Crippen LogP contribution >= 0.6 is 22.9 Å². The molecule has 1 aliphatic rings. The van der Waals surface area contributed by atoms with E-state index in [1.54, 1.807) is 41.7 Å². The van der Waals surface area contributed by atoms with Gasteiger partial charge in [0.1, 0.15) is 35.1 Å². The molecule has 0 unspecified atom stereocenters. The van der Waals surface area contributed by atoms with E-state index >= 15 is 0 Å². The van der Waals surface area contributed by atoms with Gasteiger partial charge in [0.2, 0.25) is 5.91 Å². The maximum absolute atomic E-state index is 13.4. The number of nitrogens with one attached hydrogen (secondary N) is 1. The number of fused-ring (bicyclic) bond motifs is 3. The number of ether oxygens (including phenoxy) is 1. The van der Waals surface area contributed by atoms with E-state index in [0.717, 1.165) is 39.3 Å². The lowest BCUT2D eigenvalue weighted by molar-refractivity contribution is -0.126. The van der Waals surface area contributed by atoms with E-state index < -0.39 is 0 Å². The summed E-state index contributed by atoms with van der Waals surface area (Å²) in [5, 5.41) is 4.78. The van der Waals surface area contributed by atoms with Crippen LogP contribution in [0, 0.1) is 5.82 Å². The molecule has 1 aliphatic heterocycles. The van der Waals surface area contributed by atoms with Crippen LogP contribution in [-0.4, -0.2) is 52.9 Å². The van der Waals surface area contributed by atoms with Gasteiger partial charge in [-0.15, -0.1) is 11.3 Å². The van der Waals surface area contributed by atoms with Gasteiger partial charge < -0.3 is 19.9 Å². The number of likely N-dealkylation sites (N-methyl/N-ethyl adjacent to an activating group) is 1. The summed E-state index contributed by atoms with van der Waals surface area (Å²) in [5.74, 6) is 0.919. The molecule has 0 bridgehead atoms. The van der Waals surface area contributed by atoms with Gasteiger partial charge in [0.05, 0.1) is 17.0 Å². The second kappa shape index (κ2) is 11.5. The number of nitrogens with zero attached hydrogens (tertiary/aromatic N) is 4. The van der Waals surface area contributed by atoms with Crippen molar-refractivity contribution in [1.29, 1.82) is 0 Å². The Hall–Kier alpha value is -3.53. The maximum atomic E-state index is 13.4. The van der Waals surface area contributed by atoms with E-state index in [-0.39, 0.29) is 18.3 Å². The van der Waals surface area contributed by atoms with Crippen LogP contribution in [0.3, 0.4) is 0 Å². The average Bonchev–Trinajstić information content (AvgIpc) is 3.27. The zero-order valence-electron chi connectivity index (χ0n) is 21.1. The molecule has 1 N–H and O–H groups in total. The molecule has 3 heterocycles. The maximum Gasteiger partial charge on any atom is 0.246 e. The Morgan fingerprint density at radius 2 is 2.13 bits per heavy atom. The van der Waals surface area contributed by atoms with Crippen LogP contribution in [0.5, 0.6) is 5.75 Å². The molecule has 0 aliphatic carbocycles. The standard InChI is InChI=1S/C28H27ClFN5O2S/c1-34(2)11-4-7-25(36)35-12-10-21-24(15-35)38-28-26(21)27(31-17-32-28)33-20-8-9-23(22(29)14-20)37-16-18-5-3-6-19(30)13-18/h3-9,13-14,17H,10-12,15-16H2,1-2H3,(H,31,32,33). The molecule has 0 saturated carbocycles. The first-order valence-corrected chi connectivity index (χ1v) is 13.4. The first-order valence-electron chi connectivity index (χ1n) is 12.2. The monoisotopic (exact) mass is 551 g/mol. The molecule has 0 spiro atoms. The summed E-state index contributed by atoms with van der Waals surface area (Å²) < 4.78 is 19.2. The Bertz CT molecular complexity index is 1510. The average molecular weight is 552 g/mol. The molecule has 0 saturated heterocycles. The first-order chi connectivity index (χ1) is 18.4. The Labute approximate surface area is 229 Å². The molecule has 0 fully saturated rings. The highest BCUT2D eigenvalue weighted by molar-refractivity contribution is 7.19. The topological polar surface area (TPSA) is 70.6 Å². The first kappa shape index (κ1) is 26.1. The van der Waals surface area contributed by atoms with Crippen molar-refractivity contribution >= 4 is 50.6 Å². The molecule has 2 aromatic carbocycles. The lowest BCUT2D eigenvalue weighted by Gasteiger charge is -2.26. The molecule has 0 radical (unpaired) electrons. The third kappa shape index (κ3) is 5.96. The van der Waals surface area contributed by atoms with E-state index in [1.807, 2.05) is 36.0 Å². The van der Waals surface area contributed by atoms with Crippen LogP contribution < -0.4 is 10.1 Å². The van der Waals surface area contributed by atoms with Gasteiger partial charge in [-0.2, -0.15) is 0 Å². The van der Waals surface area contributed by atoms with Crippen molar-refractivity contribution in [2.45, 2.75) is 19.6 Å². The molecule has 5 rings (SSSR count). The summed E-state index contributed by atoms with van der Waals surface area (Å²) in [6.07, 6.45) is 5.81. The van der Waals surface area contributed by atoms with Crippen LogP contribution in [0.15, 0.2) is 60.9 Å². The van der Waals surface area contributed by atoms with Gasteiger partial charge in [-0.1, -0.05) is 29.8 Å². The van der Waals surface area contributed by atoms with Gasteiger partial charge in [0, 0.05) is 29.7 Å². The van der Waals surface area contributed by atoms with Gasteiger partial charge in [-0.05, 0) is 62.0 Å². The number of amides is 1. The summed E-state index contributed by atoms with van der Waals surface area (Å²) in [5.41, 5.74) is 2.65. The number of carbonyl (C=O) groups excluding carboxylic acids is 1. The number of benzene rings is 2. The number of hydrogen-bond donors (Lipinski definition) is 1. The highest BCUT2D eigenvalue weighted by Crippen LogP contribution is 2.38. The van der Waals surface area contributed by atoms with Crippen LogP contribution in [0.2, 0.25) is 5.02 Å². The molecular weight excluding hydrogens is 525 g/mol. The predicted molar refractivity (Wildman–Crippen MR) is 150 cm³/mol. The molecule has 196 valence electrons. The van der Waals surface area contributed by atoms with Crippen molar-refractivity contribution in [3.8, 4) is 5.75 Å². The fourth-order valence-electron chi connectivity index (χ4n) is 4.30. The minimum Gasteiger partial charge on any atom is -0.487 e. The van der Waals surface area contributed by atoms with Crippen molar-refractivity contribution < 1.29 is 13.9 Å². The molecule has 4 aromatic rings. The minimum atomic E-state index is -0.306. The summed E-state index contributed by atoms with van der Waals surface area (Å²) in [6.45, 7) is 2.14. The summed E-state index contributed by atoms with van der Waals surface area (Å²) in [4.78, 5) is 27.5. The van der Waals surface area contributed by atoms with Crippen molar-refractivity contribution in [3.05, 3.63) is 87.8 Å². The van der Waals surface area contributed by atoms with Gasteiger partial charge in [0.25, 0.3) is 0 Å². The highest BCUT2D eigenvalue weighted by Gasteiger charge is 2.25. The molecule has 0 atom stereocenters. The van der Waals surface area contributed by atoms with E-state index in [0.29, 0.717) is 29.7 Å². The van der Waals surface area contributed by atoms with E-state index in [4.69, 9.17) is 16.3 Å². The number of carbonyl (C=O) groups is 1. The molecule has 1 amide bonds. The molecule has 2 aromatic heterocycles. The summed E-state index contributed by atoms with van der Waals surface area (Å²) >= 11 is 8.08. The second-order valence-corrected chi connectivity index (χ2v) is 10.8. The van der Waals surface area contributed by atoms with Gasteiger partial charge in [-0.3, -0.25) is 4.79 Å². The third-order valence-corrected chi connectivity index (χ3v) is 7.58. The van der Waals surface area contributed by atoms with Crippen molar-refractivity contribution in [3.63, 3.8) is 0 Å². The Balaban J connectivity index is 1.31. The van der Waals surface area contributed by atoms with E-state index in [1.165, 1.54) is 24.0 Å². The fraction of sp³-hybridized carbons (Fsp3) is 0.250. The quantitative estimate of drug-likeness (QED) is 0.279. The lowest BCUT2D eigenvalue weighted by Crippen LogP contribution is -2.34. The number of anilines is 2. The normalized spacial score (nSPS) is 13.3. The summed E-state index contributed by atoms with van der Waals surface area (Å²) in [7, 11) is 3.94. The third-order valence-electron chi connectivity index (χ3n) is 6.16. The van der Waals surface area contributed by atoms with Gasteiger partial charge in [-0.25, -0.2) is 14.4 Å². The largest absolute Gasteiger partial charge is 0.487 e. The molecule has 38 heavy (non-hydrogen) atoms. The SMILES string of the molecule is CN(C)CC=CC(=O)N1CCc2c(sc3ncnc(Nc4ccc(OCc5cccc(F)c5)c(Cl)c4)c23)C1. The number of halogens is 2. The predicted octanol–water partition coefficient (Wildman–Crippen LogP) is 5.81. The molecular formula is C28H27ClFN5O2S. The zero-order valence-corrected chi connectivity index (χ0v) is 22.7. The van der Waals surface area contributed by atoms with Crippen molar-refractivity contribution in [2.75, 3.05) is 32.5 Å². The summed E-state index contributed by atoms with van der Waals surface area (Å²) in [6, 6.07) is 11.7. The lowest BCUT2D eigenvalue weighted by atomic mass is 10.0. The number of aromatic nitrogens is 2. The number of hydrogen-bond acceptors (Lipinski definition) is 7. The van der Waals surface area contributed by atoms with Crippen LogP contribution in [-0.2, 0) is 24.4 Å². The van der Waals surface area contributed by atoms with Gasteiger partial charge >= 0.3 is 0 Å². The fourth-order valence-corrected chi connectivity index (χ4v) is 5.74. The van der Waals surface area contributed by atoms with Crippen LogP contribution in [0.25, 0.3) is 10.2 Å². The zero-order chi connectivity index (χ0) is 26.6. The molecule has 10 heteroatoms. The highest BCUT2D eigenvalue weighted by atomic mass is 35.5. The molecule has 7 nitrogen and oxygen atoms in total. The second-order valence-electron chi connectivity index (χ2n) is 9.27. The van der Waals surface area contributed by atoms with E-state index in [9.17, 15) is 9.18 Å². The van der Waals surface area contributed by atoms with Gasteiger partial charge in [0.15, 0.2) is 0 Å². The van der Waals surface area contributed by atoms with Crippen LogP contribution in [0.1, 0.15) is 16.0 Å². The van der Waals surface area contributed by atoms with Crippen molar-refractivity contribution in [1.82, 2.24) is 19.8 Å². The minimum absolute atomic E-state index is 0.0220. The Morgan fingerprint density at radius 3 is 2.92 bits per heavy atom. The van der Waals surface area contributed by atoms with Crippen molar-refractivity contribution in [2.24, 2.45) is 0 Å². The van der Waals surface area contributed by atoms with Crippen LogP contribution in [0.4, 0.5) is 15.9 Å². The number of thiophene rings is 1. The number of rotatable bonds is 8. The Morgan fingerprint density at radius 1 is 1.26 bits per heavy atom. The smallest absolute Gasteiger partial charge is 0.246 e. The Kier molecular flexibility index (Phi) is 7.87.